The average molecular weight is 375 g/mol. The smallest absolute Gasteiger partial charge is 0.326 e. The third kappa shape index (κ3) is 12.2. The molecule has 0 spiro atoms. The fourth-order valence-corrected chi connectivity index (χ4v) is 2.19. The van der Waals surface area contributed by atoms with Crippen molar-refractivity contribution in [1.82, 2.24) is 15.2 Å². The minimum Gasteiger partial charge on any atom is -0.415 e. The van der Waals surface area contributed by atoms with Crippen molar-refractivity contribution in [3.63, 3.8) is 0 Å². The zero-order chi connectivity index (χ0) is 21.5. The van der Waals surface area contributed by atoms with Crippen LogP contribution in [0.25, 0.3) is 0 Å². The van der Waals surface area contributed by atoms with Gasteiger partial charge in [0.2, 0.25) is 0 Å². The molecule has 146 valence electrons. The third-order valence-electron chi connectivity index (χ3n) is 4.19. The van der Waals surface area contributed by atoms with Gasteiger partial charge in [0, 0.05) is 10.4 Å². The Balaban J connectivity index is -0.000000950. The Labute approximate surface area is 170 Å². The quantitative estimate of drug-likeness (QED) is 0.192. The highest BCUT2D eigenvalue weighted by molar-refractivity contribution is 7.82. The van der Waals surface area contributed by atoms with Gasteiger partial charge in [-0.05, 0) is 59.4 Å². The summed E-state index contributed by atoms with van der Waals surface area (Å²) in [7, 11) is 4.10. The predicted molar refractivity (Wildman–Crippen MR) is 128 cm³/mol. The summed E-state index contributed by atoms with van der Waals surface area (Å²) in [6, 6.07) is 0. The van der Waals surface area contributed by atoms with Gasteiger partial charge in [-0.15, -0.1) is 18.6 Å². The van der Waals surface area contributed by atoms with E-state index >= 15 is 0 Å². The Morgan fingerprint density at radius 2 is 1.65 bits per heavy atom. The first-order valence-corrected chi connectivity index (χ1v) is 9.31. The molecule has 0 saturated carbocycles. The molecular formula is C20H39B2N3S. The zero-order valence-electron chi connectivity index (χ0n) is 18.4. The van der Waals surface area contributed by atoms with Gasteiger partial charge in [0.1, 0.15) is 0 Å². The SMILES string of the molecule is C#C.C=C=C.CC/C=C(C)\C(NB(C)N(C)B(C)NC)=C(/C)C(C)(C)S. The van der Waals surface area contributed by atoms with E-state index in [1.54, 1.807) is 0 Å². The number of thiol groups is 1. The first-order chi connectivity index (χ1) is 12.0. The van der Waals surface area contributed by atoms with E-state index in [2.05, 4.69) is 108 Å². The lowest BCUT2D eigenvalue weighted by molar-refractivity contribution is 0.744. The molecule has 0 aromatic rings. The van der Waals surface area contributed by atoms with E-state index in [0.29, 0.717) is 6.98 Å². The first-order valence-electron chi connectivity index (χ1n) is 8.86. The van der Waals surface area contributed by atoms with Gasteiger partial charge in [0.05, 0.1) is 0 Å². The van der Waals surface area contributed by atoms with E-state index < -0.39 is 0 Å². The highest BCUT2D eigenvalue weighted by Crippen LogP contribution is 2.28. The molecule has 0 radical (unpaired) electrons. The first kappa shape index (κ1) is 29.5. The molecule has 0 atom stereocenters. The minimum atomic E-state index is -0.141. The van der Waals surface area contributed by atoms with Crippen LogP contribution in [0.5, 0.6) is 0 Å². The second-order valence-corrected chi connectivity index (χ2v) is 7.67. The lowest BCUT2D eigenvalue weighted by Gasteiger charge is -2.31. The molecule has 0 unspecified atom stereocenters. The molecule has 6 heteroatoms. The van der Waals surface area contributed by atoms with Crippen LogP contribution in [0.1, 0.15) is 41.0 Å². The fraction of sp³-hybridized carbons (Fsp3) is 0.550. The van der Waals surface area contributed by atoms with Crippen LogP contribution in [-0.2, 0) is 0 Å². The second-order valence-electron chi connectivity index (χ2n) is 6.55. The molecule has 0 aliphatic heterocycles. The molecule has 0 amide bonds. The highest BCUT2D eigenvalue weighted by Gasteiger charge is 2.25. The zero-order valence-corrected chi connectivity index (χ0v) is 19.3. The topological polar surface area (TPSA) is 27.3 Å². The van der Waals surface area contributed by atoms with Crippen molar-refractivity contribution >= 4 is 26.6 Å². The van der Waals surface area contributed by atoms with E-state index in [9.17, 15) is 0 Å². The summed E-state index contributed by atoms with van der Waals surface area (Å²) in [4.78, 5) is 0. The van der Waals surface area contributed by atoms with Crippen molar-refractivity contribution in [3.05, 3.63) is 41.8 Å². The summed E-state index contributed by atoms with van der Waals surface area (Å²) in [5.41, 5.74) is 6.01. The van der Waals surface area contributed by atoms with Crippen LogP contribution in [-0.4, -0.2) is 37.5 Å². The average Bonchev–Trinajstić information content (AvgIpc) is 2.59. The van der Waals surface area contributed by atoms with Gasteiger partial charge < -0.3 is 15.2 Å². The second kappa shape index (κ2) is 16.0. The standard InChI is InChI=1S/C15H33B2N3S.C3H4.C2H2/c1-10-11-12(2)14(13(3)15(4,5)21)19-17(7)20(9)16(6)18-8;1-3-2;1-2/h11,18-19,21H,10H2,1-9H3;1-2H2;1-2H/b12-11-,14-13-;;. The van der Waals surface area contributed by atoms with Crippen molar-refractivity contribution in [1.29, 1.82) is 0 Å². The van der Waals surface area contributed by atoms with Crippen LogP contribution < -0.4 is 10.5 Å². The summed E-state index contributed by atoms with van der Waals surface area (Å²) in [6.07, 6.45) is 11.3. The largest absolute Gasteiger partial charge is 0.415 e. The van der Waals surface area contributed by atoms with Crippen LogP contribution in [0.2, 0.25) is 13.6 Å². The van der Waals surface area contributed by atoms with Gasteiger partial charge in [0.25, 0.3) is 6.98 Å². The van der Waals surface area contributed by atoms with Crippen LogP contribution in [0, 0.1) is 12.8 Å². The maximum Gasteiger partial charge on any atom is 0.326 e. The number of nitrogens with zero attached hydrogens (tertiary/aromatic N) is 1. The predicted octanol–water partition coefficient (Wildman–Crippen LogP) is 4.51. The Morgan fingerprint density at radius 3 is 1.96 bits per heavy atom. The van der Waals surface area contributed by atoms with Gasteiger partial charge in [-0.1, -0.05) is 39.8 Å². The molecular weight excluding hydrogens is 336 g/mol. The molecule has 0 bridgehead atoms. The van der Waals surface area contributed by atoms with Crippen LogP contribution in [0.3, 0.4) is 0 Å². The third-order valence-corrected chi connectivity index (χ3v) is 4.53. The normalized spacial score (nSPS) is 11.8. The van der Waals surface area contributed by atoms with Gasteiger partial charge in [-0.25, -0.2) is 0 Å². The molecule has 2 N–H and O–H groups in total. The minimum absolute atomic E-state index is 0.141. The van der Waals surface area contributed by atoms with E-state index in [4.69, 9.17) is 12.6 Å². The molecule has 0 aliphatic rings. The summed E-state index contributed by atoms with van der Waals surface area (Å²) < 4.78 is 2.14. The summed E-state index contributed by atoms with van der Waals surface area (Å²) >= 11 is 4.73. The molecule has 26 heavy (non-hydrogen) atoms. The Hall–Kier alpha value is -1.24. The molecule has 3 nitrogen and oxygen atoms in total. The maximum atomic E-state index is 4.73. The number of rotatable bonds is 8. The molecule has 0 aromatic carbocycles. The highest BCUT2D eigenvalue weighted by atomic mass is 32.1. The van der Waals surface area contributed by atoms with Crippen molar-refractivity contribution in [2.45, 2.75) is 59.4 Å². The lowest BCUT2D eigenvalue weighted by atomic mass is 9.63. The number of nitrogens with one attached hydrogen (secondary N) is 2. The van der Waals surface area contributed by atoms with Gasteiger partial charge in [-0.2, -0.15) is 12.6 Å². The number of hydrogen-bond acceptors (Lipinski definition) is 4. The van der Waals surface area contributed by atoms with Crippen LogP contribution >= 0.6 is 12.6 Å². The molecule has 0 fully saturated rings. The van der Waals surface area contributed by atoms with Crippen molar-refractivity contribution < 1.29 is 0 Å². The van der Waals surface area contributed by atoms with E-state index in [1.165, 1.54) is 16.8 Å². The number of allylic oxidation sites excluding steroid dienone is 2. The number of terminal acetylenes is 1. The Kier molecular flexibility index (Phi) is 18.1. The van der Waals surface area contributed by atoms with Crippen molar-refractivity contribution in [2.24, 2.45) is 0 Å². The molecule has 0 rings (SSSR count). The van der Waals surface area contributed by atoms with E-state index in [0.717, 1.165) is 6.42 Å². The summed E-state index contributed by atoms with van der Waals surface area (Å²) in [5, 5.41) is 6.94. The lowest BCUT2D eigenvalue weighted by Crippen LogP contribution is -2.56. The Bertz CT molecular complexity index is 499. The van der Waals surface area contributed by atoms with Gasteiger partial charge >= 0.3 is 6.98 Å². The van der Waals surface area contributed by atoms with Crippen LogP contribution in [0.4, 0.5) is 0 Å². The molecule has 0 saturated heterocycles. The van der Waals surface area contributed by atoms with Gasteiger partial charge in [-0.3, -0.25) is 0 Å². The van der Waals surface area contributed by atoms with Crippen molar-refractivity contribution in [2.75, 3.05) is 14.1 Å². The Morgan fingerprint density at radius 1 is 1.23 bits per heavy atom. The summed E-state index contributed by atoms with van der Waals surface area (Å²) in [6.45, 7) is 21.9. The molecule has 0 aliphatic carbocycles. The summed E-state index contributed by atoms with van der Waals surface area (Å²) in [5.74, 6) is 0. The maximum absolute atomic E-state index is 4.73. The molecule has 0 heterocycles. The van der Waals surface area contributed by atoms with E-state index in [1.807, 2.05) is 7.05 Å². The van der Waals surface area contributed by atoms with E-state index in [-0.39, 0.29) is 11.7 Å². The number of hydrogen-bond donors (Lipinski definition) is 3. The van der Waals surface area contributed by atoms with Gasteiger partial charge in [0.15, 0.2) is 0 Å². The fourth-order valence-electron chi connectivity index (χ4n) is 2.08. The van der Waals surface area contributed by atoms with Crippen molar-refractivity contribution in [3.8, 4) is 12.8 Å². The monoisotopic (exact) mass is 375 g/mol. The molecule has 0 aromatic heterocycles. The van der Waals surface area contributed by atoms with Crippen LogP contribution in [0.15, 0.2) is 41.8 Å².